The van der Waals surface area contributed by atoms with Gasteiger partial charge >= 0.3 is 5.97 Å². The number of aliphatic hydroxyl groups is 3. The smallest absolute Gasteiger partial charge is 0.335 e. The van der Waals surface area contributed by atoms with Gasteiger partial charge < -0.3 is 39.1 Å². The Morgan fingerprint density at radius 2 is 1.72 bits per heavy atom. The normalized spacial score (nSPS) is 25.4. The Bertz CT molecular complexity index is 1190. The Labute approximate surface area is 180 Å². The molecule has 0 aliphatic carbocycles. The second-order valence-electron chi connectivity index (χ2n) is 7.17. The summed E-state index contributed by atoms with van der Waals surface area (Å²) in [7, 11) is 1.33. The van der Waals surface area contributed by atoms with Crippen molar-refractivity contribution >= 4 is 16.9 Å². The van der Waals surface area contributed by atoms with Crippen LogP contribution >= 0.6 is 0 Å². The Morgan fingerprint density at radius 3 is 2.38 bits per heavy atom. The molecule has 1 fully saturated rings. The van der Waals surface area contributed by atoms with Gasteiger partial charge in [-0.1, -0.05) is 30.3 Å². The van der Waals surface area contributed by atoms with Gasteiger partial charge in [-0.3, -0.25) is 4.79 Å². The van der Waals surface area contributed by atoms with Crippen LogP contribution in [-0.2, 0) is 9.53 Å². The Hall–Kier alpha value is -3.44. The van der Waals surface area contributed by atoms with E-state index in [1.165, 1.54) is 25.5 Å². The molecule has 4 N–H and O–H groups in total. The summed E-state index contributed by atoms with van der Waals surface area (Å²) >= 11 is 0. The van der Waals surface area contributed by atoms with Gasteiger partial charge in [-0.15, -0.1) is 0 Å². The van der Waals surface area contributed by atoms with E-state index in [9.17, 15) is 30.0 Å². The number of carboxylic acids is 1. The van der Waals surface area contributed by atoms with Gasteiger partial charge in [0.2, 0.25) is 17.5 Å². The van der Waals surface area contributed by atoms with Gasteiger partial charge in [-0.05, 0) is 17.7 Å². The molecule has 2 aromatic carbocycles. The molecular weight excluding hydrogens is 424 g/mol. The molecule has 10 heteroatoms. The fourth-order valence-electron chi connectivity index (χ4n) is 3.51. The summed E-state index contributed by atoms with van der Waals surface area (Å²) in [5.41, 5.74) is 0.577. The van der Waals surface area contributed by atoms with Gasteiger partial charge in [0.1, 0.15) is 24.6 Å². The molecule has 5 atom stereocenters. The molecule has 2 heterocycles. The van der Waals surface area contributed by atoms with Crippen LogP contribution in [0.15, 0.2) is 57.9 Å². The zero-order chi connectivity index (χ0) is 23.0. The van der Waals surface area contributed by atoms with Crippen LogP contribution in [-0.4, -0.2) is 64.2 Å². The van der Waals surface area contributed by atoms with Crippen molar-refractivity contribution < 1.29 is 43.8 Å². The zero-order valence-corrected chi connectivity index (χ0v) is 16.7. The molecular formula is C22H20O10. The van der Waals surface area contributed by atoms with Crippen LogP contribution in [0.1, 0.15) is 0 Å². The zero-order valence-electron chi connectivity index (χ0n) is 16.7. The minimum atomic E-state index is -1.87. The third-order valence-electron chi connectivity index (χ3n) is 5.21. The molecule has 0 bridgehead atoms. The molecule has 0 amide bonds. The fourth-order valence-corrected chi connectivity index (χ4v) is 3.51. The highest BCUT2D eigenvalue weighted by Gasteiger charge is 2.48. The number of methoxy groups -OCH3 is 1. The number of carboxylic acid groups (broad SMARTS) is 1. The van der Waals surface area contributed by atoms with Gasteiger partial charge in [0.05, 0.1) is 18.1 Å². The maximum absolute atomic E-state index is 13.1. The number of ether oxygens (including phenoxy) is 3. The maximum Gasteiger partial charge on any atom is 0.335 e. The largest absolute Gasteiger partial charge is 0.493 e. The number of hydrogen-bond donors (Lipinski definition) is 4. The van der Waals surface area contributed by atoms with Crippen molar-refractivity contribution in [2.75, 3.05) is 7.11 Å². The third-order valence-corrected chi connectivity index (χ3v) is 5.21. The molecule has 1 aliphatic rings. The first-order valence-corrected chi connectivity index (χ1v) is 9.60. The highest BCUT2D eigenvalue weighted by atomic mass is 16.7. The predicted octanol–water partition coefficient (Wildman–Crippen LogP) is 0.740. The van der Waals surface area contributed by atoms with E-state index in [4.69, 9.17) is 18.6 Å². The number of aliphatic hydroxyl groups excluding tert-OH is 3. The van der Waals surface area contributed by atoms with Crippen LogP contribution in [0.3, 0.4) is 0 Å². The van der Waals surface area contributed by atoms with Crippen LogP contribution < -0.4 is 14.9 Å². The Morgan fingerprint density at radius 1 is 1.00 bits per heavy atom. The minimum Gasteiger partial charge on any atom is -0.493 e. The first-order chi connectivity index (χ1) is 15.3. The lowest BCUT2D eigenvalue weighted by atomic mass is 9.99. The number of fused-ring (bicyclic) bond motifs is 1. The van der Waals surface area contributed by atoms with Gasteiger partial charge in [0, 0.05) is 0 Å². The molecule has 3 aromatic rings. The Balaban J connectivity index is 1.79. The fraction of sp³-hybridized carbons (Fsp3) is 0.273. The molecule has 1 aromatic heterocycles. The summed E-state index contributed by atoms with van der Waals surface area (Å²) < 4.78 is 21.7. The SMILES string of the molecule is COc1ccc2c(=O)c(-c3ccccc3)coc2c1OC1O[C@H](C(=O)O)[C@@H](O)[C@H](O)[C@H]1O. The summed E-state index contributed by atoms with van der Waals surface area (Å²) in [6.07, 6.45) is -7.82. The van der Waals surface area contributed by atoms with Gasteiger partial charge in [-0.25, -0.2) is 4.79 Å². The summed E-state index contributed by atoms with van der Waals surface area (Å²) in [4.78, 5) is 24.4. The number of benzene rings is 2. The molecule has 0 saturated carbocycles. The second kappa shape index (κ2) is 8.60. The van der Waals surface area contributed by atoms with Crippen molar-refractivity contribution in [3.63, 3.8) is 0 Å². The van der Waals surface area contributed by atoms with E-state index in [2.05, 4.69) is 0 Å². The summed E-state index contributed by atoms with van der Waals surface area (Å²) in [5, 5.41) is 39.5. The van der Waals surface area contributed by atoms with E-state index >= 15 is 0 Å². The van der Waals surface area contributed by atoms with E-state index in [0.29, 0.717) is 11.1 Å². The molecule has 0 spiro atoms. The lowest BCUT2D eigenvalue weighted by Crippen LogP contribution is -2.61. The van der Waals surface area contributed by atoms with Crippen molar-refractivity contribution in [3.05, 3.63) is 59.0 Å². The van der Waals surface area contributed by atoms with Gasteiger partial charge in [0.25, 0.3) is 0 Å². The topological polar surface area (TPSA) is 156 Å². The number of aliphatic carboxylic acids is 1. The quantitative estimate of drug-likeness (QED) is 0.443. The number of hydrogen-bond acceptors (Lipinski definition) is 9. The van der Waals surface area contributed by atoms with E-state index < -0.39 is 36.7 Å². The lowest BCUT2D eigenvalue weighted by Gasteiger charge is -2.38. The summed E-state index contributed by atoms with van der Waals surface area (Å²) in [6, 6.07) is 11.8. The monoisotopic (exact) mass is 444 g/mol. The average Bonchev–Trinajstić information content (AvgIpc) is 2.80. The van der Waals surface area contributed by atoms with Crippen LogP contribution in [0.2, 0.25) is 0 Å². The molecule has 1 saturated heterocycles. The van der Waals surface area contributed by atoms with Crippen molar-refractivity contribution in [2.45, 2.75) is 30.7 Å². The molecule has 0 radical (unpaired) electrons. The molecule has 10 nitrogen and oxygen atoms in total. The van der Waals surface area contributed by atoms with Crippen molar-refractivity contribution in [1.29, 1.82) is 0 Å². The van der Waals surface area contributed by atoms with Crippen LogP contribution in [0, 0.1) is 0 Å². The van der Waals surface area contributed by atoms with Crippen LogP contribution in [0.5, 0.6) is 11.5 Å². The van der Waals surface area contributed by atoms with E-state index in [-0.39, 0.29) is 27.9 Å². The Kier molecular flexibility index (Phi) is 5.85. The molecule has 168 valence electrons. The van der Waals surface area contributed by atoms with Crippen molar-refractivity contribution in [3.8, 4) is 22.6 Å². The summed E-state index contributed by atoms with van der Waals surface area (Å²) in [5.74, 6) is -1.59. The van der Waals surface area contributed by atoms with Crippen LogP contribution in [0.25, 0.3) is 22.1 Å². The highest BCUT2D eigenvalue weighted by molar-refractivity contribution is 5.88. The average molecular weight is 444 g/mol. The van der Waals surface area contributed by atoms with E-state index in [1.807, 2.05) is 6.07 Å². The van der Waals surface area contributed by atoms with Gasteiger partial charge in [-0.2, -0.15) is 0 Å². The minimum absolute atomic E-state index is 0.0303. The van der Waals surface area contributed by atoms with E-state index in [1.54, 1.807) is 24.3 Å². The number of carbonyl (C=O) groups is 1. The van der Waals surface area contributed by atoms with Crippen molar-refractivity contribution in [2.24, 2.45) is 0 Å². The van der Waals surface area contributed by atoms with E-state index in [0.717, 1.165) is 0 Å². The third kappa shape index (κ3) is 3.69. The number of rotatable bonds is 5. The lowest BCUT2D eigenvalue weighted by molar-refractivity contribution is -0.271. The predicted molar refractivity (Wildman–Crippen MR) is 109 cm³/mol. The molecule has 4 rings (SSSR count). The van der Waals surface area contributed by atoms with Crippen LogP contribution in [0.4, 0.5) is 0 Å². The first-order valence-electron chi connectivity index (χ1n) is 9.60. The molecule has 1 aliphatic heterocycles. The van der Waals surface area contributed by atoms with Crippen molar-refractivity contribution in [1.82, 2.24) is 0 Å². The first kappa shape index (κ1) is 21.8. The highest BCUT2D eigenvalue weighted by Crippen LogP contribution is 2.37. The standard InChI is InChI=1S/C22H20O10/c1-29-13-8-7-11-14(23)12(10-5-3-2-4-6-10)9-30-18(11)19(13)31-22-17(26)15(24)16(25)20(32-22)21(27)28/h2-9,15-17,20,22,24-26H,1H3,(H,27,28)/t15-,16-,17+,20-,22?/m0/s1. The molecule has 32 heavy (non-hydrogen) atoms. The summed E-state index contributed by atoms with van der Waals surface area (Å²) in [6.45, 7) is 0. The molecule has 1 unspecified atom stereocenters. The second-order valence-corrected chi connectivity index (χ2v) is 7.17. The van der Waals surface area contributed by atoms with Gasteiger partial charge in [0.15, 0.2) is 17.4 Å². The maximum atomic E-state index is 13.1.